The summed E-state index contributed by atoms with van der Waals surface area (Å²) in [5.41, 5.74) is 0.848. The van der Waals surface area contributed by atoms with Crippen molar-refractivity contribution in [2.45, 2.75) is 13.3 Å². The Morgan fingerprint density at radius 2 is 2.43 bits per heavy atom. The quantitative estimate of drug-likeness (QED) is 0.818. The van der Waals surface area contributed by atoms with E-state index in [-0.39, 0.29) is 5.78 Å². The van der Waals surface area contributed by atoms with Crippen molar-refractivity contribution >= 4 is 27.5 Å². The molecule has 0 saturated carbocycles. The van der Waals surface area contributed by atoms with Gasteiger partial charge in [0.2, 0.25) is 5.78 Å². The summed E-state index contributed by atoms with van der Waals surface area (Å²) in [6, 6.07) is 1.81. The highest BCUT2D eigenvalue weighted by atomic mass is 79.9. The first-order valence-corrected chi connectivity index (χ1v) is 4.94. The van der Waals surface area contributed by atoms with Gasteiger partial charge in [-0.05, 0) is 28.9 Å². The van der Waals surface area contributed by atoms with Crippen LogP contribution in [0.3, 0.4) is 0 Å². The molecule has 0 amide bonds. The van der Waals surface area contributed by atoms with Crippen LogP contribution in [0.2, 0.25) is 0 Å². The summed E-state index contributed by atoms with van der Waals surface area (Å²) < 4.78 is 2.50. The van der Waals surface area contributed by atoms with E-state index < -0.39 is 0 Å². The number of hydrogen-bond acceptors (Lipinski definition) is 3. The zero-order chi connectivity index (χ0) is 10.1. The zero-order valence-electron chi connectivity index (χ0n) is 7.57. The molecule has 72 valence electrons. The minimum Gasteiger partial charge on any atom is -0.300 e. The number of hydrogen-bond donors (Lipinski definition) is 0. The SMILES string of the molecule is CC(=O)Cc1c(Br)nc2ncccn12. The summed E-state index contributed by atoms with van der Waals surface area (Å²) in [4.78, 5) is 19.3. The molecule has 0 aliphatic carbocycles. The molecule has 0 N–H and O–H groups in total. The predicted octanol–water partition coefficient (Wildman–Crippen LogP) is 1.62. The molecule has 2 aromatic rings. The molecule has 2 aromatic heterocycles. The lowest BCUT2D eigenvalue weighted by molar-refractivity contribution is -0.116. The minimum atomic E-state index is 0.108. The van der Waals surface area contributed by atoms with Crippen molar-refractivity contribution in [2.75, 3.05) is 0 Å². The first-order valence-electron chi connectivity index (χ1n) is 4.15. The average Bonchev–Trinajstić information content (AvgIpc) is 2.43. The molecule has 0 unspecified atom stereocenters. The topological polar surface area (TPSA) is 47.3 Å². The van der Waals surface area contributed by atoms with Crippen molar-refractivity contribution in [2.24, 2.45) is 0 Å². The van der Waals surface area contributed by atoms with Gasteiger partial charge in [0.25, 0.3) is 0 Å². The second kappa shape index (κ2) is 3.49. The van der Waals surface area contributed by atoms with E-state index in [2.05, 4.69) is 25.9 Å². The van der Waals surface area contributed by atoms with Crippen LogP contribution in [-0.2, 0) is 11.2 Å². The fourth-order valence-corrected chi connectivity index (χ4v) is 1.79. The van der Waals surface area contributed by atoms with Crippen molar-refractivity contribution in [3.05, 3.63) is 28.8 Å². The molecule has 14 heavy (non-hydrogen) atoms. The van der Waals surface area contributed by atoms with Gasteiger partial charge in [-0.2, -0.15) is 0 Å². The third-order valence-corrected chi connectivity index (χ3v) is 2.51. The Bertz CT molecular complexity index is 492. The highest BCUT2D eigenvalue weighted by Crippen LogP contribution is 2.17. The van der Waals surface area contributed by atoms with Crippen LogP contribution in [0.25, 0.3) is 5.78 Å². The molecule has 0 aliphatic rings. The maximum atomic E-state index is 11.0. The van der Waals surface area contributed by atoms with Gasteiger partial charge in [-0.15, -0.1) is 0 Å². The second-order valence-corrected chi connectivity index (χ2v) is 3.77. The Kier molecular flexibility index (Phi) is 2.33. The Balaban J connectivity index is 2.62. The molecule has 0 aromatic carbocycles. The lowest BCUT2D eigenvalue weighted by atomic mass is 10.2. The average molecular weight is 254 g/mol. The number of Topliss-reactive ketones (excluding diaryl/α,β-unsaturated/α-hetero) is 1. The van der Waals surface area contributed by atoms with Gasteiger partial charge in [-0.3, -0.25) is 9.20 Å². The number of nitrogens with zero attached hydrogens (tertiary/aromatic N) is 3. The molecule has 0 saturated heterocycles. The number of ketones is 1. The standard InChI is InChI=1S/C9H8BrN3O/c1-6(14)5-7-8(10)12-9-11-3-2-4-13(7)9/h2-4H,5H2,1H3. The van der Waals surface area contributed by atoms with E-state index in [1.165, 1.54) is 0 Å². The molecule has 0 aliphatic heterocycles. The van der Waals surface area contributed by atoms with E-state index in [0.717, 1.165) is 5.69 Å². The van der Waals surface area contributed by atoms with E-state index in [4.69, 9.17) is 0 Å². The van der Waals surface area contributed by atoms with Crippen LogP contribution in [0, 0.1) is 0 Å². The van der Waals surface area contributed by atoms with Crippen molar-refractivity contribution in [3.63, 3.8) is 0 Å². The van der Waals surface area contributed by atoms with Gasteiger partial charge in [0.05, 0.1) is 5.69 Å². The fourth-order valence-electron chi connectivity index (χ4n) is 1.30. The summed E-state index contributed by atoms with van der Waals surface area (Å²) in [5, 5.41) is 0. The highest BCUT2D eigenvalue weighted by Gasteiger charge is 2.11. The van der Waals surface area contributed by atoms with Crippen molar-refractivity contribution in [1.29, 1.82) is 0 Å². The molecular formula is C9H8BrN3O. The van der Waals surface area contributed by atoms with Gasteiger partial charge < -0.3 is 0 Å². The van der Waals surface area contributed by atoms with Crippen LogP contribution < -0.4 is 0 Å². The van der Waals surface area contributed by atoms with Crippen LogP contribution in [-0.4, -0.2) is 20.2 Å². The lowest BCUT2D eigenvalue weighted by Crippen LogP contribution is -2.01. The summed E-state index contributed by atoms with van der Waals surface area (Å²) in [6.45, 7) is 1.56. The number of carbonyl (C=O) groups is 1. The summed E-state index contributed by atoms with van der Waals surface area (Å²) in [5.74, 6) is 0.715. The Labute approximate surface area is 89.1 Å². The maximum absolute atomic E-state index is 11.0. The smallest absolute Gasteiger partial charge is 0.235 e. The zero-order valence-corrected chi connectivity index (χ0v) is 9.15. The molecule has 0 bridgehead atoms. The largest absolute Gasteiger partial charge is 0.300 e. The summed E-state index contributed by atoms with van der Waals surface area (Å²) in [7, 11) is 0. The molecule has 2 rings (SSSR count). The van der Waals surface area contributed by atoms with E-state index in [1.807, 2.05) is 16.7 Å². The van der Waals surface area contributed by atoms with Gasteiger partial charge in [-0.25, -0.2) is 9.97 Å². The summed E-state index contributed by atoms with van der Waals surface area (Å²) in [6.07, 6.45) is 3.89. The van der Waals surface area contributed by atoms with Crippen LogP contribution in [0.1, 0.15) is 12.6 Å². The number of rotatable bonds is 2. The monoisotopic (exact) mass is 253 g/mol. The maximum Gasteiger partial charge on any atom is 0.235 e. The first kappa shape index (κ1) is 9.33. The van der Waals surface area contributed by atoms with Crippen molar-refractivity contribution < 1.29 is 4.79 Å². The molecule has 5 heteroatoms. The van der Waals surface area contributed by atoms with Gasteiger partial charge in [0.15, 0.2) is 0 Å². The van der Waals surface area contributed by atoms with Gasteiger partial charge in [0.1, 0.15) is 10.4 Å². The molecular weight excluding hydrogens is 246 g/mol. The van der Waals surface area contributed by atoms with E-state index in [9.17, 15) is 4.79 Å². The number of halogens is 1. The Morgan fingerprint density at radius 1 is 1.64 bits per heavy atom. The number of aromatic nitrogens is 3. The molecule has 0 spiro atoms. The number of carbonyl (C=O) groups excluding carboxylic acids is 1. The lowest BCUT2D eigenvalue weighted by Gasteiger charge is -1.97. The Hall–Kier alpha value is -1.23. The van der Waals surface area contributed by atoms with E-state index in [0.29, 0.717) is 16.8 Å². The van der Waals surface area contributed by atoms with Crippen LogP contribution in [0.5, 0.6) is 0 Å². The number of imidazole rings is 1. The predicted molar refractivity (Wildman–Crippen MR) is 55.1 cm³/mol. The molecule has 0 atom stereocenters. The second-order valence-electron chi connectivity index (χ2n) is 3.02. The minimum absolute atomic E-state index is 0.108. The third-order valence-electron chi connectivity index (χ3n) is 1.87. The number of fused-ring (bicyclic) bond motifs is 1. The normalized spacial score (nSPS) is 10.7. The van der Waals surface area contributed by atoms with E-state index >= 15 is 0 Å². The van der Waals surface area contributed by atoms with Crippen LogP contribution in [0.15, 0.2) is 23.1 Å². The van der Waals surface area contributed by atoms with Crippen molar-refractivity contribution in [3.8, 4) is 0 Å². The fraction of sp³-hybridized carbons (Fsp3) is 0.222. The molecule has 0 fully saturated rings. The Morgan fingerprint density at radius 3 is 3.14 bits per heavy atom. The molecule has 0 radical (unpaired) electrons. The molecule has 2 heterocycles. The third kappa shape index (κ3) is 1.55. The highest BCUT2D eigenvalue weighted by molar-refractivity contribution is 9.10. The van der Waals surface area contributed by atoms with Gasteiger partial charge >= 0.3 is 0 Å². The van der Waals surface area contributed by atoms with Crippen LogP contribution in [0.4, 0.5) is 0 Å². The van der Waals surface area contributed by atoms with Crippen LogP contribution >= 0.6 is 15.9 Å². The van der Waals surface area contributed by atoms with Gasteiger partial charge in [-0.1, -0.05) is 0 Å². The molecule has 4 nitrogen and oxygen atoms in total. The first-order chi connectivity index (χ1) is 6.68. The van der Waals surface area contributed by atoms with Gasteiger partial charge in [0, 0.05) is 18.8 Å². The van der Waals surface area contributed by atoms with E-state index in [1.54, 1.807) is 13.1 Å². The summed E-state index contributed by atoms with van der Waals surface area (Å²) >= 11 is 3.31. The van der Waals surface area contributed by atoms with Crippen molar-refractivity contribution in [1.82, 2.24) is 14.4 Å².